The summed E-state index contributed by atoms with van der Waals surface area (Å²) in [5, 5.41) is 0. The van der Waals surface area contributed by atoms with Crippen molar-refractivity contribution in [2.75, 3.05) is 7.11 Å². The van der Waals surface area contributed by atoms with Gasteiger partial charge in [0.15, 0.2) is 11.6 Å². The van der Waals surface area contributed by atoms with Crippen LogP contribution in [0.25, 0.3) is 0 Å². The molecule has 2 aromatic rings. The minimum absolute atomic E-state index is 0.169. The van der Waals surface area contributed by atoms with E-state index in [4.69, 9.17) is 15.2 Å². The molecule has 2 atom stereocenters. The first-order chi connectivity index (χ1) is 10.0. The third kappa shape index (κ3) is 3.95. The van der Waals surface area contributed by atoms with E-state index in [1.54, 1.807) is 19.2 Å². The molecule has 0 aromatic heterocycles. The molecule has 3 nitrogen and oxygen atoms in total. The molecule has 2 N–H and O–H groups in total. The molecule has 0 heterocycles. The van der Waals surface area contributed by atoms with Crippen molar-refractivity contribution >= 4 is 15.9 Å². The highest BCUT2D eigenvalue weighted by atomic mass is 79.9. The molecule has 0 radical (unpaired) electrons. The smallest absolute Gasteiger partial charge is 0.165 e. The fraction of sp³-hybridized carbons (Fsp3) is 0.250. The Bertz CT molecular complexity index is 602. The zero-order chi connectivity index (χ0) is 15.4. The highest BCUT2D eigenvalue weighted by Crippen LogP contribution is 2.29. The van der Waals surface area contributed by atoms with E-state index in [2.05, 4.69) is 15.9 Å². The van der Waals surface area contributed by atoms with Crippen LogP contribution < -0.4 is 15.2 Å². The molecular formula is C16H17BrFNO2. The number of ether oxygens (including phenoxy) is 2. The molecule has 0 fully saturated rings. The van der Waals surface area contributed by atoms with E-state index in [-0.39, 0.29) is 11.8 Å². The van der Waals surface area contributed by atoms with E-state index in [0.29, 0.717) is 0 Å². The maximum Gasteiger partial charge on any atom is 0.165 e. The number of halogens is 2. The standard InChI is InChI=1S/C16H17BrFNO2/c1-10(19)16(11-3-6-13(20-2)7-4-11)21-15-9-12(17)5-8-14(15)18/h3-10,16H,19H2,1-2H3. The first-order valence-corrected chi connectivity index (χ1v) is 7.32. The van der Waals surface area contributed by atoms with Crippen LogP contribution in [0.1, 0.15) is 18.6 Å². The van der Waals surface area contributed by atoms with Gasteiger partial charge in [-0.05, 0) is 42.8 Å². The number of rotatable bonds is 5. The predicted molar refractivity (Wildman–Crippen MR) is 84.1 cm³/mol. The maximum absolute atomic E-state index is 13.8. The van der Waals surface area contributed by atoms with E-state index >= 15 is 0 Å². The summed E-state index contributed by atoms with van der Waals surface area (Å²) in [5.74, 6) is 0.496. The van der Waals surface area contributed by atoms with Gasteiger partial charge in [0.05, 0.1) is 7.11 Å². The lowest BCUT2D eigenvalue weighted by atomic mass is 10.0. The summed E-state index contributed by atoms with van der Waals surface area (Å²) in [6.45, 7) is 1.82. The molecular weight excluding hydrogens is 337 g/mol. The third-order valence-corrected chi connectivity index (χ3v) is 3.56. The minimum atomic E-state index is -0.445. The molecule has 0 saturated carbocycles. The third-order valence-electron chi connectivity index (χ3n) is 3.07. The molecule has 2 aromatic carbocycles. The Morgan fingerprint density at radius 2 is 1.81 bits per heavy atom. The van der Waals surface area contributed by atoms with Crippen LogP contribution in [0.15, 0.2) is 46.9 Å². The summed E-state index contributed by atoms with van der Waals surface area (Å²) in [4.78, 5) is 0. The lowest BCUT2D eigenvalue weighted by molar-refractivity contribution is 0.172. The average molecular weight is 354 g/mol. The van der Waals surface area contributed by atoms with Crippen LogP contribution >= 0.6 is 15.9 Å². The van der Waals surface area contributed by atoms with Gasteiger partial charge in [-0.3, -0.25) is 0 Å². The van der Waals surface area contributed by atoms with Gasteiger partial charge in [-0.25, -0.2) is 4.39 Å². The van der Waals surface area contributed by atoms with Gasteiger partial charge in [0, 0.05) is 10.5 Å². The Hall–Kier alpha value is -1.59. The van der Waals surface area contributed by atoms with Crippen LogP contribution in [0.4, 0.5) is 4.39 Å². The zero-order valence-electron chi connectivity index (χ0n) is 11.8. The molecule has 21 heavy (non-hydrogen) atoms. The zero-order valence-corrected chi connectivity index (χ0v) is 13.4. The molecule has 0 amide bonds. The Morgan fingerprint density at radius 3 is 2.38 bits per heavy atom. The summed E-state index contributed by atoms with van der Waals surface area (Å²) in [7, 11) is 1.60. The van der Waals surface area contributed by atoms with Crippen LogP contribution in [0.5, 0.6) is 11.5 Å². The quantitative estimate of drug-likeness (QED) is 0.881. The first kappa shape index (κ1) is 15.8. The van der Waals surface area contributed by atoms with Crippen LogP contribution in [0, 0.1) is 5.82 Å². The van der Waals surface area contributed by atoms with Gasteiger partial charge in [-0.2, -0.15) is 0 Å². The lowest BCUT2D eigenvalue weighted by Crippen LogP contribution is -2.29. The van der Waals surface area contributed by atoms with Crippen molar-refractivity contribution in [3.8, 4) is 11.5 Å². The average Bonchev–Trinajstić information content (AvgIpc) is 2.48. The van der Waals surface area contributed by atoms with Crippen LogP contribution in [0.2, 0.25) is 0 Å². The topological polar surface area (TPSA) is 44.5 Å². The molecule has 5 heteroatoms. The lowest BCUT2D eigenvalue weighted by Gasteiger charge is -2.23. The molecule has 2 unspecified atom stereocenters. The van der Waals surface area contributed by atoms with Crippen molar-refractivity contribution in [2.24, 2.45) is 5.73 Å². The summed E-state index contributed by atoms with van der Waals surface area (Å²) >= 11 is 3.30. The van der Waals surface area contributed by atoms with E-state index in [1.165, 1.54) is 6.07 Å². The molecule has 0 saturated heterocycles. The Labute approximate surface area is 132 Å². The minimum Gasteiger partial charge on any atom is -0.497 e. The van der Waals surface area contributed by atoms with Crippen molar-refractivity contribution in [3.63, 3.8) is 0 Å². The summed E-state index contributed by atoms with van der Waals surface area (Å²) in [6.07, 6.45) is -0.445. The van der Waals surface area contributed by atoms with Crippen molar-refractivity contribution in [1.82, 2.24) is 0 Å². The van der Waals surface area contributed by atoms with Gasteiger partial charge in [0.25, 0.3) is 0 Å². The first-order valence-electron chi connectivity index (χ1n) is 6.52. The molecule has 0 spiro atoms. The Balaban J connectivity index is 2.28. The van der Waals surface area contributed by atoms with Gasteiger partial charge in [-0.1, -0.05) is 28.1 Å². The monoisotopic (exact) mass is 353 g/mol. The normalized spacial score (nSPS) is 13.6. The molecule has 0 bridgehead atoms. The second kappa shape index (κ2) is 6.91. The number of benzene rings is 2. The molecule has 0 aliphatic carbocycles. The molecule has 0 aliphatic heterocycles. The summed E-state index contributed by atoms with van der Waals surface area (Å²) in [5.41, 5.74) is 6.85. The number of hydrogen-bond acceptors (Lipinski definition) is 3. The van der Waals surface area contributed by atoms with Gasteiger partial charge in [-0.15, -0.1) is 0 Å². The Morgan fingerprint density at radius 1 is 1.14 bits per heavy atom. The van der Waals surface area contributed by atoms with Gasteiger partial charge in [0.2, 0.25) is 0 Å². The highest BCUT2D eigenvalue weighted by molar-refractivity contribution is 9.10. The van der Waals surface area contributed by atoms with E-state index in [1.807, 2.05) is 31.2 Å². The van der Waals surface area contributed by atoms with Gasteiger partial charge in [0.1, 0.15) is 11.9 Å². The van der Waals surface area contributed by atoms with Crippen molar-refractivity contribution in [3.05, 3.63) is 58.3 Å². The fourth-order valence-electron chi connectivity index (χ4n) is 1.98. The second-order valence-electron chi connectivity index (χ2n) is 4.75. The largest absolute Gasteiger partial charge is 0.497 e. The fourth-order valence-corrected chi connectivity index (χ4v) is 2.32. The summed E-state index contributed by atoms with van der Waals surface area (Å²) < 4.78 is 25.5. The molecule has 0 aliphatic rings. The van der Waals surface area contributed by atoms with Crippen LogP contribution in [0.3, 0.4) is 0 Å². The van der Waals surface area contributed by atoms with Crippen molar-refractivity contribution in [2.45, 2.75) is 19.1 Å². The van der Waals surface area contributed by atoms with Crippen molar-refractivity contribution in [1.29, 1.82) is 0 Å². The van der Waals surface area contributed by atoms with E-state index in [9.17, 15) is 4.39 Å². The number of nitrogens with two attached hydrogens (primary N) is 1. The van der Waals surface area contributed by atoms with Crippen LogP contribution in [-0.4, -0.2) is 13.2 Å². The predicted octanol–water partition coefficient (Wildman–Crippen LogP) is 4.06. The maximum atomic E-state index is 13.8. The highest BCUT2D eigenvalue weighted by Gasteiger charge is 2.20. The molecule has 112 valence electrons. The summed E-state index contributed by atoms with van der Waals surface area (Å²) in [6, 6.07) is 11.6. The van der Waals surface area contributed by atoms with Gasteiger partial charge < -0.3 is 15.2 Å². The van der Waals surface area contributed by atoms with Crippen molar-refractivity contribution < 1.29 is 13.9 Å². The van der Waals surface area contributed by atoms with E-state index < -0.39 is 11.9 Å². The van der Waals surface area contributed by atoms with E-state index in [0.717, 1.165) is 15.8 Å². The Kier molecular flexibility index (Phi) is 5.20. The second-order valence-corrected chi connectivity index (χ2v) is 5.66. The number of methoxy groups -OCH3 is 1. The van der Waals surface area contributed by atoms with Crippen LogP contribution in [-0.2, 0) is 0 Å². The number of hydrogen-bond donors (Lipinski definition) is 1. The molecule has 2 rings (SSSR count). The SMILES string of the molecule is COc1ccc(C(Oc2cc(Br)ccc2F)C(C)N)cc1. The van der Waals surface area contributed by atoms with Gasteiger partial charge >= 0.3 is 0 Å².